The Hall–Kier alpha value is -1.66. The molecular formula is C22H30Cl2N4O. The Balaban J connectivity index is 0.00000300. The van der Waals surface area contributed by atoms with Crippen molar-refractivity contribution in [1.29, 1.82) is 0 Å². The highest BCUT2D eigenvalue weighted by molar-refractivity contribution is 6.30. The number of hydrogen-bond acceptors (Lipinski definition) is 4. The van der Waals surface area contributed by atoms with Gasteiger partial charge in [0, 0.05) is 56.1 Å². The SMILES string of the molecule is CC(CCC(=O)NC(c1ccc(Cl)cc1)c1cccnc1)N1CCN(C)CC1.Cl. The molecule has 1 aliphatic rings. The number of likely N-dealkylation sites (N-methyl/N-ethyl adjacent to an activating group) is 1. The molecule has 2 heterocycles. The Bertz CT molecular complexity index is 749. The number of nitrogens with zero attached hydrogens (tertiary/aromatic N) is 3. The number of carbonyl (C=O) groups is 1. The van der Waals surface area contributed by atoms with Gasteiger partial charge >= 0.3 is 0 Å². The molecule has 1 aliphatic heterocycles. The summed E-state index contributed by atoms with van der Waals surface area (Å²) in [5, 5.41) is 3.87. The minimum Gasteiger partial charge on any atom is -0.345 e. The first kappa shape index (κ1) is 23.6. The van der Waals surface area contributed by atoms with Gasteiger partial charge in [-0.3, -0.25) is 14.7 Å². The van der Waals surface area contributed by atoms with Gasteiger partial charge in [-0.15, -0.1) is 12.4 Å². The number of piperazine rings is 1. The fourth-order valence-corrected chi connectivity index (χ4v) is 3.71. The lowest BCUT2D eigenvalue weighted by Gasteiger charge is -2.36. The molecule has 2 aromatic rings. The van der Waals surface area contributed by atoms with E-state index in [0.29, 0.717) is 17.5 Å². The zero-order chi connectivity index (χ0) is 19.9. The molecule has 3 rings (SSSR count). The van der Waals surface area contributed by atoms with E-state index in [9.17, 15) is 4.79 Å². The van der Waals surface area contributed by atoms with E-state index in [-0.39, 0.29) is 24.4 Å². The molecule has 1 N–H and O–H groups in total. The van der Waals surface area contributed by atoms with Crippen LogP contribution in [0.5, 0.6) is 0 Å². The van der Waals surface area contributed by atoms with Gasteiger partial charge in [-0.1, -0.05) is 29.8 Å². The van der Waals surface area contributed by atoms with Crippen molar-refractivity contribution in [3.63, 3.8) is 0 Å². The lowest BCUT2D eigenvalue weighted by molar-refractivity contribution is -0.122. The molecule has 158 valence electrons. The predicted octanol–water partition coefficient (Wildman–Crippen LogP) is 3.78. The third kappa shape index (κ3) is 6.96. The second-order valence-corrected chi connectivity index (χ2v) is 8.00. The van der Waals surface area contributed by atoms with E-state index in [0.717, 1.165) is 43.7 Å². The Kier molecular flexibility index (Phi) is 9.37. The van der Waals surface area contributed by atoms with Gasteiger partial charge in [0.15, 0.2) is 0 Å². The number of hydrogen-bond donors (Lipinski definition) is 1. The van der Waals surface area contributed by atoms with Crippen molar-refractivity contribution in [2.24, 2.45) is 0 Å². The first-order chi connectivity index (χ1) is 13.5. The Morgan fingerprint density at radius 2 is 1.83 bits per heavy atom. The van der Waals surface area contributed by atoms with Crippen molar-refractivity contribution in [2.45, 2.75) is 31.8 Å². The molecule has 29 heavy (non-hydrogen) atoms. The molecule has 0 saturated carbocycles. The summed E-state index contributed by atoms with van der Waals surface area (Å²) in [7, 11) is 2.16. The van der Waals surface area contributed by atoms with Gasteiger partial charge in [-0.05, 0) is 49.7 Å². The molecule has 0 spiro atoms. The number of nitrogens with one attached hydrogen (secondary N) is 1. The fraction of sp³-hybridized carbons (Fsp3) is 0.455. The maximum absolute atomic E-state index is 12.7. The van der Waals surface area contributed by atoms with Crippen LogP contribution in [0.2, 0.25) is 5.02 Å². The molecule has 1 aromatic carbocycles. The van der Waals surface area contributed by atoms with Crippen molar-refractivity contribution < 1.29 is 4.79 Å². The minimum absolute atomic E-state index is 0. The zero-order valence-electron chi connectivity index (χ0n) is 17.1. The summed E-state index contributed by atoms with van der Waals surface area (Å²) >= 11 is 6.03. The van der Waals surface area contributed by atoms with Crippen LogP contribution in [0.15, 0.2) is 48.8 Å². The molecule has 0 radical (unpaired) electrons. The Morgan fingerprint density at radius 3 is 2.45 bits per heavy atom. The second kappa shape index (κ2) is 11.5. The molecule has 1 aromatic heterocycles. The second-order valence-electron chi connectivity index (χ2n) is 7.57. The van der Waals surface area contributed by atoms with Crippen LogP contribution in [0.3, 0.4) is 0 Å². The van der Waals surface area contributed by atoms with Crippen molar-refractivity contribution in [3.8, 4) is 0 Å². The fourth-order valence-electron chi connectivity index (χ4n) is 3.58. The van der Waals surface area contributed by atoms with Gasteiger partial charge in [0.05, 0.1) is 6.04 Å². The maximum Gasteiger partial charge on any atom is 0.220 e. The highest BCUT2D eigenvalue weighted by atomic mass is 35.5. The maximum atomic E-state index is 12.7. The van der Waals surface area contributed by atoms with Crippen molar-refractivity contribution in [2.75, 3.05) is 33.2 Å². The molecule has 7 heteroatoms. The molecule has 5 nitrogen and oxygen atoms in total. The largest absolute Gasteiger partial charge is 0.345 e. The van der Waals surface area contributed by atoms with Crippen LogP contribution in [0.1, 0.15) is 36.9 Å². The third-order valence-corrected chi connectivity index (χ3v) is 5.73. The average Bonchev–Trinajstić information content (AvgIpc) is 2.72. The zero-order valence-corrected chi connectivity index (χ0v) is 18.6. The molecule has 1 fully saturated rings. The van der Waals surface area contributed by atoms with Gasteiger partial charge < -0.3 is 10.2 Å². The van der Waals surface area contributed by atoms with Gasteiger partial charge in [0.25, 0.3) is 0 Å². The number of benzene rings is 1. The summed E-state index contributed by atoms with van der Waals surface area (Å²) in [4.78, 5) is 21.8. The molecular weight excluding hydrogens is 407 g/mol. The van der Waals surface area contributed by atoms with Gasteiger partial charge in [0.1, 0.15) is 0 Å². The van der Waals surface area contributed by atoms with E-state index >= 15 is 0 Å². The smallest absolute Gasteiger partial charge is 0.220 e. The molecule has 1 saturated heterocycles. The Labute approximate surface area is 184 Å². The van der Waals surface area contributed by atoms with Crippen LogP contribution < -0.4 is 5.32 Å². The van der Waals surface area contributed by atoms with E-state index in [1.807, 2.05) is 36.4 Å². The minimum atomic E-state index is -0.225. The highest BCUT2D eigenvalue weighted by Crippen LogP contribution is 2.23. The molecule has 2 atom stereocenters. The number of carbonyl (C=O) groups excluding carboxylic acids is 1. The van der Waals surface area contributed by atoms with E-state index in [4.69, 9.17) is 11.6 Å². The summed E-state index contributed by atoms with van der Waals surface area (Å²) in [5.41, 5.74) is 1.96. The van der Waals surface area contributed by atoms with Gasteiger partial charge in [-0.2, -0.15) is 0 Å². The summed E-state index contributed by atoms with van der Waals surface area (Å²) in [6.45, 7) is 6.55. The monoisotopic (exact) mass is 436 g/mol. The normalized spacial score (nSPS) is 17.2. The topological polar surface area (TPSA) is 48.5 Å². The average molecular weight is 437 g/mol. The summed E-state index contributed by atoms with van der Waals surface area (Å²) in [5.74, 6) is 0.0600. The number of halogens is 2. The third-order valence-electron chi connectivity index (χ3n) is 5.48. The van der Waals surface area contributed by atoms with Crippen LogP contribution >= 0.6 is 24.0 Å². The number of rotatable bonds is 7. The molecule has 0 bridgehead atoms. The van der Waals surface area contributed by atoms with Crippen LogP contribution in [0, 0.1) is 0 Å². The predicted molar refractivity (Wildman–Crippen MR) is 121 cm³/mol. The summed E-state index contributed by atoms with van der Waals surface area (Å²) in [6, 6.07) is 11.7. The molecule has 1 amide bonds. The van der Waals surface area contributed by atoms with Crippen LogP contribution in [0.25, 0.3) is 0 Å². The Morgan fingerprint density at radius 1 is 1.14 bits per heavy atom. The number of pyridine rings is 1. The molecule has 2 unspecified atom stereocenters. The lowest BCUT2D eigenvalue weighted by Crippen LogP contribution is -2.48. The highest BCUT2D eigenvalue weighted by Gasteiger charge is 2.21. The number of amides is 1. The van der Waals surface area contributed by atoms with Gasteiger partial charge in [-0.25, -0.2) is 0 Å². The van der Waals surface area contributed by atoms with Crippen LogP contribution in [-0.2, 0) is 4.79 Å². The quantitative estimate of drug-likeness (QED) is 0.717. The first-order valence-electron chi connectivity index (χ1n) is 9.90. The standard InChI is InChI=1S/C22H29ClN4O.ClH/c1-17(27-14-12-26(2)13-15-27)5-10-21(28)25-22(19-4-3-11-24-16-19)18-6-8-20(23)9-7-18;/h3-4,6-9,11,16-17,22H,5,10,12-15H2,1-2H3,(H,25,28);1H. The van der Waals surface area contributed by atoms with Crippen molar-refractivity contribution in [1.82, 2.24) is 20.1 Å². The first-order valence-corrected chi connectivity index (χ1v) is 10.3. The number of aromatic nitrogens is 1. The lowest BCUT2D eigenvalue weighted by atomic mass is 9.99. The van der Waals surface area contributed by atoms with Crippen LogP contribution in [0.4, 0.5) is 0 Å². The summed E-state index contributed by atoms with van der Waals surface area (Å²) in [6.07, 6.45) is 4.90. The molecule has 0 aliphatic carbocycles. The van der Waals surface area contributed by atoms with E-state index in [1.165, 1.54) is 0 Å². The van der Waals surface area contributed by atoms with E-state index in [1.54, 1.807) is 12.4 Å². The van der Waals surface area contributed by atoms with E-state index in [2.05, 4.69) is 34.1 Å². The van der Waals surface area contributed by atoms with Crippen LogP contribution in [-0.4, -0.2) is 60.0 Å². The van der Waals surface area contributed by atoms with Gasteiger partial charge in [0.2, 0.25) is 5.91 Å². The van der Waals surface area contributed by atoms with Crippen molar-refractivity contribution in [3.05, 3.63) is 64.9 Å². The van der Waals surface area contributed by atoms with E-state index < -0.39 is 0 Å². The van der Waals surface area contributed by atoms with Crippen molar-refractivity contribution >= 4 is 29.9 Å². The summed E-state index contributed by atoms with van der Waals surface area (Å²) < 4.78 is 0.